The highest BCUT2D eigenvalue weighted by molar-refractivity contribution is 5.97. The molecule has 0 bridgehead atoms. The first-order chi connectivity index (χ1) is 10.7. The normalized spacial score (nSPS) is 24.6. The number of hydrogen-bond donors (Lipinski definition) is 1. The van der Waals surface area contributed by atoms with Crippen LogP contribution < -0.4 is 10.1 Å². The Balaban J connectivity index is 1.70. The van der Waals surface area contributed by atoms with Gasteiger partial charge in [-0.1, -0.05) is 19.1 Å². The highest BCUT2D eigenvalue weighted by Crippen LogP contribution is 2.29. The van der Waals surface area contributed by atoms with E-state index in [-0.39, 0.29) is 18.1 Å². The van der Waals surface area contributed by atoms with Crippen molar-refractivity contribution in [2.24, 2.45) is 0 Å². The molecule has 2 unspecified atom stereocenters. The summed E-state index contributed by atoms with van der Waals surface area (Å²) in [4.78, 5) is 15.0. The molecule has 5 nitrogen and oxygen atoms in total. The number of benzene rings is 1. The van der Waals surface area contributed by atoms with Gasteiger partial charge >= 0.3 is 0 Å². The fourth-order valence-corrected chi connectivity index (χ4v) is 3.31. The molecule has 2 aliphatic rings. The van der Waals surface area contributed by atoms with Crippen LogP contribution in [0.25, 0.3) is 0 Å². The summed E-state index contributed by atoms with van der Waals surface area (Å²) in [5, 5.41) is 3.14. The van der Waals surface area contributed by atoms with Gasteiger partial charge in [0.25, 0.3) is 5.91 Å². The summed E-state index contributed by atoms with van der Waals surface area (Å²) >= 11 is 0. The summed E-state index contributed by atoms with van der Waals surface area (Å²) in [7, 11) is 1.71. The van der Waals surface area contributed by atoms with Crippen molar-refractivity contribution in [1.29, 1.82) is 0 Å². The molecule has 2 atom stereocenters. The molecule has 1 aromatic carbocycles. The third-order valence-electron chi connectivity index (χ3n) is 4.67. The minimum Gasteiger partial charge on any atom is -0.492 e. The number of piperidine rings is 1. The van der Waals surface area contributed by atoms with Crippen molar-refractivity contribution >= 4 is 5.91 Å². The number of carbonyl (C=O) groups excluding carboxylic acids is 1. The standard InChI is InChI=1S/C17H24N2O3/c1-3-19-9-7-14(15(11-19)21-2)18-17(20)13-6-4-5-12-8-10-22-16(12)13/h4-6,14-15H,3,7-11H2,1-2H3,(H,18,20). The summed E-state index contributed by atoms with van der Waals surface area (Å²) in [5.41, 5.74) is 1.76. The van der Waals surface area contributed by atoms with Crippen LogP contribution in [0.4, 0.5) is 0 Å². The van der Waals surface area contributed by atoms with Crippen molar-refractivity contribution in [2.75, 3.05) is 33.4 Å². The number of fused-ring (bicyclic) bond motifs is 1. The van der Waals surface area contributed by atoms with Gasteiger partial charge in [-0.2, -0.15) is 0 Å². The number of likely N-dealkylation sites (tertiary alicyclic amines) is 1. The molecule has 2 aliphatic heterocycles. The Bertz CT molecular complexity index is 547. The van der Waals surface area contributed by atoms with Crippen molar-refractivity contribution in [3.05, 3.63) is 29.3 Å². The molecular formula is C17H24N2O3. The number of para-hydroxylation sites is 1. The number of carbonyl (C=O) groups is 1. The zero-order valence-corrected chi connectivity index (χ0v) is 13.3. The minimum atomic E-state index is -0.0595. The quantitative estimate of drug-likeness (QED) is 0.915. The molecule has 1 N–H and O–H groups in total. The Morgan fingerprint density at radius 1 is 1.50 bits per heavy atom. The number of methoxy groups -OCH3 is 1. The van der Waals surface area contributed by atoms with Crippen LogP contribution in [0.5, 0.6) is 5.75 Å². The van der Waals surface area contributed by atoms with Crippen molar-refractivity contribution in [1.82, 2.24) is 10.2 Å². The van der Waals surface area contributed by atoms with E-state index in [1.807, 2.05) is 18.2 Å². The molecule has 1 aromatic rings. The number of hydrogen-bond acceptors (Lipinski definition) is 4. The summed E-state index contributed by atoms with van der Waals surface area (Å²) < 4.78 is 11.2. The largest absolute Gasteiger partial charge is 0.492 e. The molecule has 22 heavy (non-hydrogen) atoms. The molecule has 2 heterocycles. The average Bonchev–Trinajstić information content (AvgIpc) is 3.03. The molecule has 0 radical (unpaired) electrons. The first-order valence-electron chi connectivity index (χ1n) is 8.03. The van der Waals surface area contributed by atoms with E-state index in [9.17, 15) is 4.79 Å². The molecular weight excluding hydrogens is 280 g/mol. The number of nitrogens with one attached hydrogen (secondary N) is 1. The Hall–Kier alpha value is -1.59. The van der Waals surface area contributed by atoms with Crippen LogP contribution >= 0.6 is 0 Å². The molecule has 0 spiro atoms. The van der Waals surface area contributed by atoms with Gasteiger partial charge < -0.3 is 19.7 Å². The van der Waals surface area contributed by atoms with Crippen molar-refractivity contribution in [2.45, 2.75) is 31.9 Å². The molecule has 1 fully saturated rings. The van der Waals surface area contributed by atoms with Gasteiger partial charge in [-0.25, -0.2) is 0 Å². The number of amides is 1. The number of rotatable bonds is 4. The first kappa shape index (κ1) is 15.3. The smallest absolute Gasteiger partial charge is 0.255 e. The van der Waals surface area contributed by atoms with Gasteiger partial charge in [-0.15, -0.1) is 0 Å². The maximum Gasteiger partial charge on any atom is 0.255 e. The number of likely N-dealkylation sites (N-methyl/N-ethyl adjacent to an activating group) is 1. The van der Waals surface area contributed by atoms with E-state index in [1.165, 1.54) is 0 Å². The molecule has 0 aliphatic carbocycles. The van der Waals surface area contributed by atoms with Gasteiger partial charge in [-0.05, 0) is 24.6 Å². The molecule has 1 saturated heterocycles. The van der Waals surface area contributed by atoms with Crippen LogP contribution in [0.15, 0.2) is 18.2 Å². The predicted molar refractivity (Wildman–Crippen MR) is 84.4 cm³/mol. The Morgan fingerprint density at radius 3 is 3.14 bits per heavy atom. The Kier molecular flexibility index (Phi) is 4.64. The van der Waals surface area contributed by atoms with Gasteiger partial charge in [-0.3, -0.25) is 4.79 Å². The third kappa shape index (κ3) is 2.96. The monoisotopic (exact) mass is 304 g/mol. The van der Waals surface area contributed by atoms with E-state index in [2.05, 4.69) is 17.1 Å². The van der Waals surface area contributed by atoms with E-state index in [0.717, 1.165) is 43.8 Å². The molecule has 1 amide bonds. The lowest BCUT2D eigenvalue weighted by atomic mass is 10.0. The molecule has 5 heteroatoms. The van der Waals surface area contributed by atoms with Crippen molar-refractivity contribution in [3.63, 3.8) is 0 Å². The van der Waals surface area contributed by atoms with Gasteiger partial charge in [0, 0.05) is 26.6 Å². The van der Waals surface area contributed by atoms with E-state index >= 15 is 0 Å². The van der Waals surface area contributed by atoms with E-state index in [1.54, 1.807) is 7.11 Å². The van der Waals surface area contributed by atoms with E-state index in [4.69, 9.17) is 9.47 Å². The Morgan fingerprint density at radius 2 is 2.36 bits per heavy atom. The average molecular weight is 304 g/mol. The second-order valence-corrected chi connectivity index (χ2v) is 5.93. The van der Waals surface area contributed by atoms with Crippen LogP contribution in [-0.2, 0) is 11.2 Å². The van der Waals surface area contributed by atoms with Crippen LogP contribution in [0.2, 0.25) is 0 Å². The van der Waals surface area contributed by atoms with Gasteiger partial charge in [0.2, 0.25) is 0 Å². The zero-order chi connectivity index (χ0) is 15.5. The highest BCUT2D eigenvalue weighted by atomic mass is 16.5. The second kappa shape index (κ2) is 6.67. The lowest BCUT2D eigenvalue weighted by Crippen LogP contribution is -2.54. The summed E-state index contributed by atoms with van der Waals surface area (Å²) in [6.07, 6.45) is 1.83. The third-order valence-corrected chi connectivity index (χ3v) is 4.67. The van der Waals surface area contributed by atoms with E-state index < -0.39 is 0 Å². The molecule has 120 valence electrons. The topological polar surface area (TPSA) is 50.8 Å². The van der Waals surface area contributed by atoms with Gasteiger partial charge in [0.15, 0.2) is 0 Å². The second-order valence-electron chi connectivity index (χ2n) is 5.93. The lowest BCUT2D eigenvalue weighted by molar-refractivity contribution is 0.00801. The fourth-order valence-electron chi connectivity index (χ4n) is 3.31. The van der Waals surface area contributed by atoms with E-state index in [0.29, 0.717) is 12.2 Å². The lowest BCUT2D eigenvalue weighted by Gasteiger charge is -2.37. The van der Waals surface area contributed by atoms with Crippen molar-refractivity contribution < 1.29 is 14.3 Å². The fraction of sp³-hybridized carbons (Fsp3) is 0.588. The predicted octanol–water partition coefficient (Wildman–Crippen LogP) is 1.46. The number of ether oxygens (including phenoxy) is 2. The van der Waals surface area contributed by atoms with Crippen LogP contribution in [0, 0.1) is 0 Å². The van der Waals surface area contributed by atoms with Crippen LogP contribution in [-0.4, -0.2) is 56.3 Å². The van der Waals surface area contributed by atoms with Crippen LogP contribution in [0.1, 0.15) is 29.3 Å². The molecule has 3 rings (SSSR count). The SMILES string of the molecule is CCN1CCC(NC(=O)c2cccc3c2OCC3)C(OC)C1. The summed E-state index contributed by atoms with van der Waals surface area (Å²) in [6, 6.07) is 5.84. The molecule has 0 aromatic heterocycles. The van der Waals surface area contributed by atoms with Gasteiger partial charge in [0.1, 0.15) is 5.75 Å². The van der Waals surface area contributed by atoms with Crippen LogP contribution in [0.3, 0.4) is 0 Å². The zero-order valence-electron chi connectivity index (χ0n) is 13.3. The first-order valence-corrected chi connectivity index (χ1v) is 8.03. The van der Waals surface area contributed by atoms with Gasteiger partial charge in [0.05, 0.1) is 24.3 Å². The van der Waals surface area contributed by atoms with Crippen molar-refractivity contribution in [3.8, 4) is 5.75 Å². The molecule has 0 saturated carbocycles. The summed E-state index contributed by atoms with van der Waals surface area (Å²) in [6.45, 7) is 5.68. The Labute approximate surface area is 131 Å². The number of nitrogens with zero attached hydrogens (tertiary/aromatic N) is 1. The highest BCUT2D eigenvalue weighted by Gasteiger charge is 2.31. The summed E-state index contributed by atoms with van der Waals surface area (Å²) in [5.74, 6) is 0.690. The maximum absolute atomic E-state index is 12.6. The minimum absolute atomic E-state index is 0.0373. The maximum atomic E-state index is 12.6.